The molecule has 1 aliphatic rings. The Bertz CT molecular complexity index is 884. The highest BCUT2D eigenvalue weighted by Gasteiger charge is 2.28. The Morgan fingerprint density at radius 2 is 1.67 bits per heavy atom. The van der Waals surface area contributed by atoms with Gasteiger partial charge in [-0.05, 0) is 37.3 Å². The molecule has 8 nitrogen and oxygen atoms in total. The van der Waals surface area contributed by atoms with Crippen molar-refractivity contribution in [2.24, 2.45) is 0 Å². The average molecular weight is 431 g/mol. The second-order valence-corrected chi connectivity index (χ2v) is 7.36. The zero-order valence-electron chi connectivity index (χ0n) is 16.7. The number of amides is 1. The van der Waals surface area contributed by atoms with Crippen LogP contribution in [0.1, 0.15) is 30.1 Å². The Kier molecular flexibility index (Phi) is 7.35. The summed E-state index contributed by atoms with van der Waals surface area (Å²) in [6.07, 6.45) is 2.38. The highest BCUT2D eigenvalue weighted by molar-refractivity contribution is 6.30. The van der Waals surface area contributed by atoms with Gasteiger partial charge in [-0.15, -0.1) is 0 Å². The normalized spacial score (nSPS) is 14.9. The van der Waals surface area contributed by atoms with E-state index in [0.29, 0.717) is 42.7 Å². The van der Waals surface area contributed by atoms with Crippen LogP contribution < -0.4 is 4.90 Å². The minimum absolute atomic E-state index is 0.0110. The van der Waals surface area contributed by atoms with Crippen LogP contribution in [0.5, 0.6) is 0 Å². The molecule has 0 bridgehead atoms. The zero-order chi connectivity index (χ0) is 21.5. The van der Waals surface area contributed by atoms with E-state index in [-0.39, 0.29) is 24.5 Å². The largest absolute Gasteiger partial charge is 0.453 e. The van der Waals surface area contributed by atoms with Crippen molar-refractivity contribution in [1.29, 1.82) is 0 Å². The summed E-state index contributed by atoms with van der Waals surface area (Å²) in [4.78, 5) is 48.9. The molecule has 1 aromatic heterocycles. The fourth-order valence-electron chi connectivity index (χ4n) is 3.14. The van der Waals surface area contributed by atoms with Crippen LogP contribution in [-0.2, 0) is 14.3 Å². The molecule has 0 radical (unpaired) electrons. The summed E-state index contributed by atoms with van der Waals surface area (Å²) in [5, 5.41) is 0.537. The van der Waals surface area contributed by atoms with E-state index in [1.165, 1.54) is 0 Å². The number of ether oxygens (including phenoxy) is 1. The second-order valence-electron chi connectivity index (χ2n) is 6.92. The number of esters is 1. The molecule has 0 spiro atoms. The number of rotatable bonds is 7. The molecule has 0 saturated carbocycles. The first kappa shape index (κ1) is 21.7. The molecule has 1 unspecified atom stereocenters. The number of piperazine rings is 1. The van der Waals surface area contributed by atoms with Crippen LogP contribution in [0.2, 0.25) is 5.02 Å². The average Bonchev–Trinajstić information content (AvgIpc) is 2.78. The van der Waals surface area contributed by atoms with Gasteiger partial charge in [0, 0.05) is 55.6 Å². The number of anilines is 1. The number of Topliss-reactive ketones (excluding diaryl/α,β-unsaturated/α-hetero) is 1. The number of hydrogen-bond donors (Lipinski definition) is 0. The van der Waals surface area contributed by atoms with Crippen molar-refractivity contribution in [3.05, 3.63) is 53.3 Å². The van der Waals surface area contributed by atoms with Gasteiger partial charge in [0.1, 0.15) is 0 Å². The van der Waals surface area contributed by atoms with Crippen LogP contribution in [-0.4, -0.2) is 64.8 Å². The number of carbonyl (C=O) groups excluding carboxylic acids is 3. The third kappa shape index (κ3) is 5.76. The minimum atomic E-state index is -0.900. The third-order valence-corrected chi connectivity index (χ3v) is 5.06. The fraction of sp³-hybridized carbons (Fsp3) is 0.381. The quantitative estimate of drug-likeness (QED) is 0.491. The van der Waals surface area contributed by atoms with Gasteiger partial charge >= 0.3 is 5.97 Å². The molecule has 1 atom stereocenters. The van der Waals surface area contributed by atoms with E-state index in [4.69, 9.17) is 16.3 Å². The van der Waals surface area contributed by atoms with Crippen molar-refractivity contribution in [3.63, 3.8) is 0 Å². The van der Waals surface area contributed by atoms with Gasteiger partial charge in [0.25, 0.3) is 5.91 Å². The van der Waals surface area contributed by atoms with E-state index < -0.39 is 12.1 Å². The standard InChI is InChI=1S/C21H23ClN4O4/c1-15(30-19(28)8-7-18(27)16-3-5-17(22)6-4-16)20(29)25-11-13-26(14-12-25)21-23-9-2-10-24-21/h2-6,9-10,15H,7-8,11-14H2,1H3. The van der Waals surface area contributed by atoms with E-state index in [9.17, 15) is 14.4 Å². The molecule has 1 aromatic carbocycles. The van der Waals surface area contributed by atoms with Gasteiger partial charge in [-0.3, -0.25) is 14.4 Å². The molecule has 2 heterocycles. The van der Waals surface area contributed by atoms with Gasteiger partial charge in [-0.2, -0.15) is 0 Å². The lowest BCUT2D eigenvalue weighted by Crippen LogP contribution is -2.52. The van der Waals surface area contributed by atoms with E-state index in [1.54, 1.807) is 54.5 Å². The maximum absolute atomic E-state index is 12.6. The first-order valence-electron chi connectivity index (χ1n) is 9.73. The van der Waals surface area contributed by atoms with Crippen LogP contribution in [0.25, 0.3) is 0 Å². The van der Waals surface area contributed by atoms with E-state index in [0.717, 1.165) is 0 Å². The van der Waals surface area contributed by atoms with E-state index in [2.05, 4.69) is 9.97 Å². The summed E-state index contributed by atoms with van der Waals surface area (Å²) in [5.74, 6) is -0.369. The Hall–Kier alpha value is -3.00. The number of hydrogen-bond acceptors (Lipinski definition) is 7. The lowest BCUT2D eigenvalue weighted by molar-refractivity contribution is -0.159. The summed E-state index contributed by atoms with van der Waals surface area (Å²) in [5.41, 5.74) is 0.483. The maximum Gasteiger partial charge on any atom is 0.307 e. The Labute approximate surface area is 179 Å². The predicted octanol–water partition coefficient (Wildman–Crippen LogP) is 2.37. The monoisotopic (exact) mass is 430 g/mol. The van der Waals surface area contributed by atoms with Gasteiger partial charge < -0.3 is 14.5 Å². The van der Waals surface area contributed by atoms with Crippen LogP contribution in [0.4, 0.5) is 5.95 Å². The molecule has 3 rings (SSSR count). The van der Waals surface area contributed by atoms with Crippen molar-refractivity contribution in [2.75, 3.05) is 31.1 Å². The predicted molar refractivity (Wildman–Crippen MR) is 111 cm³/mol. The molecule has 30 heavy (non-hydrogen) atoms. The van der Waals surface area contributed by atoms with Gasteiger partial charge in [0.05, 0.1) is 6.42 Å². The topological polar surface area (TPSA) is 92.7 Å². The fourth-order valence-corrected chi connectivity index (χ4v) is 3.27. The number of ketones is 1. The Morgan fingerprint density at radius 3 is 2.30 bits per heavy atom. The molecule has 1 amide bonds. The minimum Gasteiger partial charge on any atom is -0.453 e. The first-order chi connectivity index (χ1) is 14.4. The van der Waals surface area contributed by atoms with Crippen LogP contribution in [0.3, 0.4) is 0 Å². The van der Waals surface area contributed by atoms with Crippen molar-refractivity contribution >= 4 is 35.2 Å². The molecular weight excluding hydrogens is 408 g/mol. The number of halogens is 1. The smallest absolute Gasteiger partial charge is 0.307 e. The summed E-state index contributed by atoms with van der Waals surface area (Å²) in [6, 6.07) is 8.22. The number of benzene rings is 1. The van der Waals surface area contributed by atoms with E-state index >= 15 is 0 Å². The molecule has 9 heteroatoms. The number of carbonyl (C=O) groups is 3. The summed E-state index contributed by atoms with van der Waals surface area (Å²) >= 11 is 5.80. The maximum atomic E-state index is 12.6. The summed E-state index contributed by atoms with van der Waals surface area (Å²) in [7, 11) is 0. The molecule has 0 aliphatic carbocycles. The third-order valence-electron chi connectivity index (χ3n) is 4.80. The van der Waals surface area contributed by atoms with Crippen molar-refractivity contribution < 1.29 is 19.1 Å². The molecule has 158 valence electrons. The van der Waals surface area contributed by atoms with Gasteiger partial charge in [0.15, 0.2) is 11.9 Å². The van der Waals surface area contributed by atoms with E-state index in [1.807, 2.05) is 4.90 Å². The lowest BCUT2D eigenvalue weighted by Gasteiger charge is -2.35. The van der Waals surface area contributed by atoms with Gasteiger partial charge in [-0.25, -0.2) is 9.97 Å². The highest BCUT2D eigenvalue weighted by atomic mass is 35.5. The lowest BCUT2D eigenvalue weighted by atomic mass is 10.1. The SMILES string of the molecule is CC(OC(=O)CCC(=O)c1ccc(Cl)cc1)C(=O)N1CCN(c2ncccn2)CC1. The summed E-state index contributed by atoms with van der Waals surface area (Å²) in [6.45, 7) is 3.74. The molecule has 1 aliphatic heterocycles. The molecular formula is C21H23ClN4O4. The second kappa shape index (κ2) is 10.2. The zero-order valence-corrected chi connectivity index (χ0v) is 17.4. The number of nitrogens with zero attached hydrogens (tertiary/aromatic N) is 4. The van der Waals surface area contributed by atoms with Crippen LogP contribution in [0.15, 0.2) is 42.7 Å². The van der Waals surface area contributed by atoms with Gasteiger partial charge in [-0.1, -0.05) is 11.6 Å². The molecule has 1 saturated heterocycles. The van der Waals surface area contributed by atoms with Crippen LogP contribution in [0, 0.1) is 0 Å². The highest BCUT2D eigenvalue weighted by Crippen LogP contribution is 2.14. The Balaban J connectivity index is 1.42. The van der Waals surface area contributed by atoms with Crippen molar-refractivity contribution in [2.45, 2.75) is 25.9 Å². The molecule has 1 fully saturated rings. The number of aromatic nitrogens is 2. The van der Waals surface area contributed by atoms with Crippen molar-refractivity contribution in [3.8, 4) is 0 Å². The van der Waals surface area contributed by atoms with Crippen LogP contribution >= 0.6 is 11.6 Å². The first-order valence-corrected chi connectivity index (χ1v) is 10.1. The van der Waals surface area contributed by atoms with Crippen molar-refractivity contribution in [1.82, 2.24) is 14.9 Å². The molecule has 2 aromatic rings. The van der Waals surface area contributed by atoms with Gasteiger partial charge in [0.2, 0.25) is 5.95 Å². The summed E-state index contributed by atoms with van der Waals surface area (Å²) < 4.78 is 5.24. The Morgan fingerprint density at radius 1 is 1.03 bits per heavy atom. The molecule has 0 N–H and O–H groups in total.